The zero-order chi connectivity index (χ0) is 20.9. The Morgan fingerprint density at radius 3 is 2.57 bits per heavy atom. The third kappa shape index (κ3) is 4.35. The maximum Gasteiger partial charge on any atom is 0.344 e. The van der Waals surface area contributed by atoms with Crippen LogP contribution in [-0.2, 0) is 11.3 Å². The molecule has 4 aromatic rings. The molecule has 4 rings (SSSR count). The molecule has 0 fully saturated rings. The number of hydrogen-bond acceptors (Lipinski definition) is 6. The van der Waals surface area contributed by atoms with Crippen LogP contribution in [0, 0.1) is 0 Å². The van der Waals surface area contributed by atoms with Crippen molar-refractivity contribution in [2.75, 3.05) is 13.7 Å². The normalized spacial score (nSPS) is 10.7. The van der Waals surface area contributed by atoms with Crippen molar-refractivity contribution in [1.82, 2.24) is 5.32 Å². The van der Waals surface area contributed by atoms with Gasteiger partial charge in [0.15, 0.2) is 6.61 Å². The predicted molar refractivity (Wildman–Crippen MR) is 111 cm³/mol. The smallest absolute Gasteiger partial charge is 0.344 e. The lowest BCUT2D eigenvalue weighted by Crippen LogP contribution is -2.28. The van der Waals surface area contributed by atoms with Crippen molar-refractivity contribution in [2.24, 2.45) is 0 Å². The van der Waals surface area contributed by atoms with E-state index in [1.807, 2.05) is 0 Å². The number of hydrogen-bond donors (Lipinski definition) is 1. The molecule has 2 aromatic carbocycles. The Kier molecular flexibility index (Phi) is 5.52. The third-order valence-electron chi connectivity index (χ3n) is 4.51. The van der Waals surface area contributed by atoms with Crippen molar-refractivity contribution in [1.29, 1.82) is 0 Å². The molecule has 2 heterocycles. The quantitative estimate of drug-likeness (QED) is 0.471. The number of furan rings is 1. The van der Waals surface area contributed by atoms with Gasteiger partial charge in [-0.2, -0.15) is 0 Å². The molecule has 0 aliphatic heterocycles. The number of nitrogens with one attached hydrogen (secondary N) is 1. The van der Waals surface area contributed by atoms with E-state index in [0.717, 1.165) is 5.39 Å². The largest absolute Gasteiger partial charge is 0.497 e. The van der Waals surface area contributed by atoms with Gasteiger partial charge in [-0.05, 0) is 54.1 Å². The van der Waals surface area contributed by atoms with Gasteiger partial charge in [-0.3, -0.25) is 4.79 Å². The average Bonchev–Trinajstić information content (AvgIpc) is 3.29. The van der Waals surface area contributed by atoms with Crippen LogP contribution in [0.25, 0.3) is 22.1 Å². The Bertz CT molecular complexity index is 1210. The number of benzene rings is 2. The van der Waals surface area contributed by atoms with E-state index in [9.17, 15) is 9.59 Å². The zero-order valence-electron chi connectivity index (χ0n) is 16.2. The second-order valence-corrected chi connectivity index (χ2v) is 6.52. The highest BCUT2D eigenvalue weighted by Gasteiger charge is 2.10. The molecule has 0 atom stereocenters. The standard InChI is InChI=1S/C23H19NO6/c1-27-18-8-9-21-16(11-18)12-20(23(26)30-21)15-4-6-17(7-5-15)29-14-22(25)24-13-19-3-2-10-28-19/h2-12H,13-14H2,1H3,(H,24,25). The van der Waals surface area contributed by atoms with E-state index in [1.165, 1.54) is 0 Å². The van der Waals surface area contributed by atoms with Gasteiger partial charge in [0.25, 0.3) is 5.91 Å². The van der Waals surface area contributed by atoms with Crippen LogP contribution in [-0.4, -0.2) is 19.6 Å². The number of methoxy groups -OCH3 is 1. The fourth-order valence-electron chi connectivity index (χ4n) is 2.96. The molecule has 0 saturated carbocycles. The molecule has 152 valence electrons. The number of ether oxygens (including phenoxy) is 2. The van der Waals surface area contributed by atoms with Crippen molar-refractivity contribution in [3.8, 4) is 22.6 Å². The number of carbonyl (C=O) groups is 1. The first kappa shape index (κ1) is 19.3. The monoisotopic (exact) mass is 405 g/mol. The summed E-state index contributed by atoms with van der Waals surface area (Å²) in [5.74, 6) is 1.59. The van der Waals surface area contributed by atoms with Crippen LogP contribution in [0.15, 0.2) is 80.6 Å². The molecular weight excluding hydrogens is 386 g/mol. The lowest BCUT2D eigenvalue weighted by molar-refractivity contribution is -0.123. The highest BCUT2D eigenvalue weighted by atomic mass is 16.5. The van der Waals surface area contributed by atoms with Gasteiger partial charge in [0.05, 0.1) is 25.5 Å². The second kappa shape index (κ2) is 8.57. The molecule has 7 nitrogen and oxygen atoms in total. The summed E-state index contributed by atoms with van der Waals surface area (Å²) in [5, 5.41) is 3.47. The van der Waals surface area contributed by atoms with E-state index in [0.29, 0.717) is 40.5 Å². The maximum atomic E-state index is 12.4. The summed E-state index contributed by atoms with van der Waals surface area (Å²) in [6, 6.07) is 17.4. The molecule has 1 amide bonds. The van der Waals surface area contributed by atoms with Crippen LogP contribution in [0.3, 0.4) is 0 Å². The Labute approximate surface area is 171 Å². The average molecular weight is 405 g/mol. The Balaban J connectivity index is 1.43. The summed E-state index contributed by atoms with van der Waals surface area (Å²) < 4.78 is 21.3. The van der Waals surface area contributed by atoms with Gasteiger partial charge < -0.3 is 23.6 Å². The minimum absolute atomic E-state index is 0.127. The lowest BCUT2D eigenvalue weighted by Gasteiger charge is -2.08. The SMILES string of the molecule is COc1ccc2oc(=O)c(-c3ccc(OCC(=O)NCc4ccco4)cc3)cc2c1. The summed E-state index contributed by atoms with van der Waals surface area (Å²) in [6.45, 7) is 0.175. The van der Waals surface area contributed by atoms with E-state index < -0.39 is 5.63 Å². The topological polar surface area (TPSA) is 90.9 Å². The highest BCUT2D eigenvalue weighted by molar-refractivity contribution is 5.83. The molecule has 0 unspecified atom stereocenters. The molecule has 0 radical (unpaired) electrons. The molecule has 1 N–H and O–H groups in total. The summed E-state index contributed by atoms with van der Waals surface area (Å²) in [4.78, 5) is 24.2. The van der Waals surface area contributed by atoms with E-state index in [2.05, 4.69) is 5.32 Å². The minimum Gasteiger partial charge on any atom is -0.497 e. The molecular formula is C23H19NO6. The number of fused-ring (bicyclic) bond motifs is 1. The van der Waals surface area contributed by atoms with Crippen molar-refractivity contribution in [3.05, 3.63) is 83.1 Å². The molecule has 30 heavy (non-hydrogen) atoms. The van der Waals surface area contributed by atoms with Gasteiger partial charge >= 0.3 is 5.63 Å². The van der Waals surface area contributed by atoms with E-state index >= 15 is 0 Å². The Morgan fingerprint density at radius 1 is 1.03 bits per heavy atom. The number of carbonyl (C=O) groups excluding carboxylic acids is 1. The van der Waals surface area contributed by atoms with Gasteiger partial charge in [0.1, 0.15) is 22.8 Å². The molecule has 0 aliphatic carbocycles. The van der Waals surface area contributed by atoms with E-state index in [4.69, 9.17) is 18.3 Å². The van der Waals surface area contributed by atoms with Gasteiger partial charge in [-0.15, -0.1) is 0 Å². The fraction of sp³-hybridized carbons (Fsp3) is 0.130. The molecule has 0 spiro atoms. The van der Waals surface area contributed by atoms with Crippen LogP contribution >= 0.6 is 0 Å². The fourth-order valence-corrected chi connectivity index (χ4v) is 2.96. The summed E-state index contributed by atoms with van der Waals surface area (Å²) in [7, 11) is 1.58. The zero-order valence-corrected chi connectivity index (χ0v) is 16.2. The first-order chi connectivity index (χ1) is 14.6. The first-order valence-corrected chi connectivity index (χ1v) is 9.26. The third-order valence-corrected chi connectivity index (χ3v) is 4.51. The van der Waals surface area contributed by atoms with E-state index in [-0.39, 0.29) is 12.5 Å². The molecule has 0 saturated heterocycles. The van der Waals surface area contributed by atoms with Crippen LogP contribution in [0.5, 0.6) is 11.5 Å². The predicted octanol–water partition coefficient (Wildman–Crippen LogP) is 3.76. The Morgan fingerprint density at radius 2 is 1.83 bits per heavy atom. The van der Waals surface area contributed by atoms with Gasteiger partial charge in [0, 0.05) is 5.39 Å². The van der Waals surface area contributed by atoms with Gasteiger partial charge in [0.2, 0.25) is 0 Å². The highest BCUT2D eigenvalue weighted by Crippen LogP contribution is 2.25. The molecule has 0 aliphatic rings. The van der Waals surface area contributed by atoms with Crippen LogP contribution in [0.4, 0.5) is 0 Å². The first-order valence-electron chi connectivity index (χ1n) is 9.26. The minimum atomic E-state index is -0.432. The maximum absolute atomic E-state index is 12.4. The van der Waals surface area contributed by atoms with Crippen molar-refractivity contribution < 1.29 is 23.1 Å². The van der Waals surface area contributed by atoms with Crippen LogP contribution in [0.1, 0.15) is 5.76 Å². The van der Waals surface area contributed by atoms with Crippen molar-refractivity contribution in [3.63, 3.8) is 0 Å². The lowest BCUT2D eigenvalue weighted by atomic mass is 10.1. The summed E-state index contributed by atoms with van der Waals surface area (Å²) >= 11 is 0. The molecule has 2 aromatic heterocycles. The Hall–Kier alpha value is -4.00. The van der Waals surface area contributed by atoms with Crippen molar-refractivity contribution >= 4 is 16.9 Å². The summed E-state index contributed by atoms with van der Waals surface area (Å²) in [6.07, 6.45) is 1.55. The molecule has 7 heteroatoms. The van der Waals surface area contributed by atoms with E-state index in [1.54, 1.807) is 74.0 Å². The second-order valence-electron chi connectivity index (χ2n) is 6.52. The summed E-state index contributed by atoms with van der Waals surface area (Å²) in [5.41, 5.74) is 1.17. The number of rotatable bonds is 7. The van der Waals surface area contributed by atoms with Gasteiger partial charge in [-0.1, -0.05) is 12.1 Å². The molecule has 0 bridgehead atoms. The van der Waals surface area contributed by atoms with Crippen LogP contribution in [0.2, 0.25) is 0 Å². The van der Waals surface area contributed by atoms with Gasteiger partial charge in [-0.25, -0.2) is 4.79 Å². The van der Waals surface area contributed by atoms with Crippen molar-refractivity contribution in [2.45, 2.75) is 6.54 Å². The van der Waals surface area contributed by atoms with Crippen LogP contribution < -0.4 is 20.4 Å². The number of amides is 1.